The van der Waals surface area contributed by atoms with Gasteiger partial charge in [0, 0.05) is 11.3 Å². The highest BCUT2D eigenvalue weighted by molar-refractivity contribution is 7.80. The Morgan fingerprint density at radius 3 is 2.56 bits per heavy atom. The van der Waals surface area contributed by atoms with E-state index in [-0.39, 0.29) is 11.9 Å². The van der Waals surface area contributed by atoms with Gasteiger partial charge in [0.05, 0.1) is 24.4 Å². The standard InChI is InChI=1S/C26H23FN4O2S/c1-15-6-7-19(13-16(15)2)23-22(17(3)31(26(34)28-23)14-21-5-4-12-32-21)25-29-24(30-33-25)18-8-10-20(27)11-9-18/h4-13,23H,14H2,1-3H3,(H,28,34). The molecule has 5 rings (SSSR count). The summed E-state index contributed by atoms with van der Waals surface area (Å²) in [6.07, 6.45) is 1.64. The number of furan rings is 1. The van der Waals surface area contributed by atoms with E-state index in [1.165, 1.54) is 23.3 Å². The molecule has 1 aliphatic heterocycles. The van der Waals surface area contributed by atoms with E-state index in [0.29, 0.717) is 28.9 Å². The number of hydrogen-bond donors (Lipinski definition) is 1. The normalized spacial score (nSPS) is 16.2. The van der Waals surface area contributed by atoms with Crippen LogP contribution in [0.5, 0.6) is 0 Å². The molecule has 6 nitrogen and oxygen atoms in total. The third-order valence-electron chi connectivity index (χ3n) is 6.11. The van der Waals surface area contributed by atoms with Gasteiger partial charge in [-0.15, -0.1) is 0 Å². The van der Waals surface area contributed by atoms with Crippen molar-refractivity contribution >= 4 is 22.9 Å². The Labute approximate surface area is 202 Å². The lowest BCUT2D eigenvalue weighted by Gasteiger charge is -2.37. The maximum Gasteiger partial charge on any atom is 0.258 e. The van der Waals surface area contributed by atoms with Crippen molar-refractivity contribution in [2.75, 3.05) is 0 Å². The summed E-state index contributed by atoms with van der Waals surface area (Å²) in [6, 6.07) is 15.8. The van der Waals surface area contributed by atoms with Crippen molar-refractivity contribution in [3.05, 3.63) is 101 Å². The van der Waals surface area contributed by atoms with E-state index in [1.807, 2.05) is 24.0 Å². The molecular weight excluding hydrogens is 451 g/mol. The van der Waals surface area contributed by atoms with Crippen LogP contribution in [-0.4, -0.2) is 20.2 Å². The van der Waals surface area contributed by atoms with Crippen LogP contribution in [0, 0.1) is 19.7 Å². The number of allylic oxidation sites excluding steroid dienone is 1. The number of hydrogen-bond acceptors (Lipinski definition) is 5. The van der Waals surface area contributed by atoms with E-state index in [2.05, 4.69) is 47.5 Å². The van der Waals surface area contributed by atoms with Gasteiger partial charge in [-0.1, -0.05) is 23.4 Å². The average molecular weight is 475 g/mol. The summed E-state index contributed by atoms with van der Waals surface area (Å²) in [5.74, 6) is 1.23. The maximum absolute atomic E-state index is 13.4. The van der Waals surface area contributed by atoms with Crippen molar-refractivity contribution in [3.8, 4) is 11.4 Å². The summed E-state index contributed by atoms with van der Waals surface area (Å²) >= 11 is 5.75. The van der Waals surface area contributed by atoms with E-state index in [9.17, 15) is 4.39 Å². The van der Waals surface area contributed by atoms with Gasteiger partial charge in [0.25, 0.3) is 5.89 Å². The minimum absolute atomic E-state index is 0.277. The Bertz CT molecular complexity index is 1380. The quantitative estimate of drug-likeness (QED) is 0.359. The first-order valence-corrected chi connectivity index (χ1v) is 11.3. The van der Waals surface area contributed by atoms with Crippen LogP contribution in [0.4, 0.5) is 4.39 Å². The summed E-state index contributed by atoms with van der Waals surface area (Å²) in [5, 5.41) is 8.21. The fraction of sp³-hybridized carbons (Fsp3) is 0.192. The Balaban J connectivity index is 1.61. The first-order chi connectivity index (χ1) is 16.4. The van der Waals surface area contributed by atoms with Gasteiger partial charge < -0.3 is 19.2 Å². The van der Waals surface area contributed by atoms with Crippen molar-refractivity contribution in [2.45, 2.75) is 33.4 Å². The number of benzene rings is 2. The topological polar surface area (TPSA) is 67.3 Å². The summed E-state index contributed by atoms with van der Waals surface area (Å²) in [6.45, 7) is 6.62. The largest absolute Gasteiger partial charge is 0.467 e. The molecule has 0 saturated heterocycles. The zero-order valence-corrected chi connectivity index (χ0v) is 19.8. The number of aromatic nitrogens is 2. The lowest BCUT2D eigenvalue weighted by Crippen LogP contribution is -2.45. The monoisotopic (exact) mass is 474 g/mol. The third kappa shape index (κ3) is 4.12. The lowest BCUT2D eigenvalue weighted by molar-refractivity contribution is 0.382. The number of rotatable bonds is 5. The number of nitrogens with one attached hydrogen (secondary N) is 1. The second-order valence-electron chi connectivity index (χ2n) is 8.32. The highest BCUT2D eigenvalue weighted by atomic mass is 32.1. The van der Waals surface area contributed by atoms with E-state index in [1.54, 1.807) is 18.4 Å². The molecule has 2 aromatic carbocycles. The second-order valence-corrected chi connectivity index (χ2v) is 8.71. The molecule has 8 heteroatoms. The van der Waals surface area contributed by atoms with Crippen LogP contribution in [0.3, 0.4) is 0 Å². The van der Waals surface area contributed by atoms with Gasteiger partial charge >= 0.3 is 0 Å². The summed E-state index contributed by atoms with van der Waals surface area (Å²) in [4.78, 5) is 6.63. The van der Waals surface area contributed by atoms with Gasteiger partial charge in [0.1, 0.15) is 11.6 Å². The number of aryl methyl sites for hydroxylation is 2. The average Bonchev–Trinajstić information content (AvgIpc) is 3.51. The van der Waals surface area contributed by atoms with Crippen LogP contribution >= 0.6 is 12.2 Å². The lowest BCUT2D eigenvalue weighted by atomic mass is 9.92. The van der Waals surface area contributed by atoms with E-state index in [4.69, 9.17) is 21.2 Å². The minimum atomic E-state index is -0.320. The molecule has 0 bridgehead atoms. The summed E-state index contributed by atoms with van der Waals surface area (Å²) in [5.41, 5.74) is 5.81. The Morgan fingerprint density at radius 1 is 1.06 bits per heavy atom. The van der Waals surface area contributed by atoms with Crippen molar-refractivity contribution < 1.29 is 13.3 Å². The first-order valence-electron chi connectivity index (χ1n) is 10.9. The van der Waals surface area contributed by atoms with Crippen LogP contribution in [-0.2, 0) is 6.54 Å². The number of thiocarbonyl (C=S) groups is 1. The molecule has 3 heterocycles. The molecule has 2 aromatic heterocycles. The van der Waals surface area contributed by atoms with Crippen molar-refractivity contribution in [3.63, 3.8) is 0 Å². The van der Waals surface area contributed by atoms with Gasteiger partial charge in [-0.2, -0.15) is 4.98 Å². The van der Waals surface area contributed by atoms with Gasteiger partial charge in [-0.25, -0.2) is 4.39 Å². The highest BCUT2D eigenvalue weighted by Crippen LogP contribution is 2.38. The molecule has 0 amide bonds. The van der Waals surface area contributed by atoms with E-state index < -0.39 is 0 Å². The van der Waals surface area contributed by atoms with Crippen LogP contribution in [0.25, 0.3) is 17.0 Å². The molecule has 1 atom stereocenters. The predicted octanol–water partition coefficient (Wildman–Crippen LogP) is 5.95. The van der Waals surface area contributed by atoms with Crippen molar-refractivity contribution in [2.24, 2.45) is 0 Å². The van der Waals surface area contributed by atoms with E-state index in [0.717, 1.165) is 22.6 Å². The molecule has 0 saturated carbocycles. The van der Waals surface area contributed by atoms with Gasteiger partial charge in [-0.05, 0) is 86.1 Å². The van der Waals surface area contributed by atoms with Crippen molar-refractivity contribution in [1.82, 2.24) is 20.4 Å². The molecule has 1 N–H and O–H groups in total. The third-order valence-corrected chi connectivity index (χ3v) is 6.45. The van der Waals surface area contributed by atoms with Crippen LogP contribution in [0.2, 0.25) is 0 Å². The zero-order valence-electron chi connectivity index (χ0n) is 19.0. The molecule has 0 spiro atoms. The Hall–Kier alpha value is -3.78. The van der Waals surface area contributed by atoms with Gasteiger partial charge in [0.15, 0.2) is 5.11 Å². The molecule has 4 aromatic rings. The van der Waals surface area contributed by atoms with Crippen LogP contribution < -0.4 is 5.32 Å². The fourth-order valence-corrected chi connectivity index (χ4v) is 4.37. The molecule has 1 unspecified atom stereocenters. The summed E-state index contributed by atoms with van der Waals surface area (Å²) < 4.78 is 24.7. The minimum Gasteiger partial charge on any atom is -0.467 e. The van der Waals surface area contributed by atoms with E-state index >= 15 is 0 Å². The molecule has 34 heavy (non-hydrogen) atoms. The molecule has 0 radical (unpaired) electrons. The first kappa shape index (κ1) is 22.0. The maximum atomic E-state index is 13.4. The predicted molar refractivity (Wildman–Crippen MR) is 131 cm³/mol. The number of nitrogens with zero attached hydrogens (tertiary/aromatic N) is 3. The summed E-state index contributed by atoms with van der Waals surface area (Å²) in [7, 11) is 0. The Morgan fingerprint density at radius 2 is 1.85 bits per heavy atom. The van der Waals surface area contributed by atoms with Crippen LogP contribution in [0.15, 0.2) is 75.5 Å². The molecule has 1 aliphatic rings. The SMILES string of the molecule is CC1=C(c2nc(-c3ccc(F)cc3)no2)C(c2ccc(C)c(C)c2)NC(=S)N1Cc1ccco1. The van der Waals surface area contributed by atoms with Crippen molar-refractivity contribution in [1.29, 1.82) is 0 Å². The van der Waals surface area contributed by atoms with Gasteiger partial charge in [-0.3, -0.25) is 0 Å². The fourth-order valence-electron chi connectivity index (χ4n) is 4.05. The van der Waals surface area contributed by atoms with Gasteiger partial charge in [0.2, 0.25) is 5.82 Å². The molecular formula is C26H23FN4O2S. The Kier molecular flexibility index (Phi) is 5.75. The zero-order chi connectivity index (χ0) is 23.8. The molecule has 0 aliphatic carbocycles. The van der Waals surface area contributed by atoms with Crippen LogP contribution in [0.1, 0.15) is 41.3 Å². The smallest absolute Gasteiger partial charge is 0.258 e. The second kappa shape index (κ2) is 8.87. The number of halogens is 1. The highest BCUT2D eigenvalue weighted by Gasteiger charge is 2.34. The molecule has 172 valence electrons. The molecule has 0 fully saturated rings.